The summed E-state index contributed by atoms with van der Waals surface area (Å²) in [5, 5.41) is 95.6. The number of amides is 3. The first-order valence-electron chi connectivity index (χ1n) is 37.9. The van der Waals surface area contributed by atoms with Crippen molar-refractivity contribution in [3.8, 4) is 5.75 Å². The highest BCUT2D eigenvalue weighted by atomic mass is 19.1. The number of piperidine rings is 3. The SMILES string of the molecule is COc1ccc(N=C(NO)c2n[nH]c3ccc(C(=O)N4CCCCC4)cc23)cc1.Nc1n[nH]c2ccc([N+](=O)[O-])cc12.O=C(O)c1ccc2[nH]nc(C(=Nc3ccccc3)NO)c2c1.O=C(c1ccc2[nH]nc(C(=Nc3ccc(F)cc3)NO)c2c1)N1CCCCC1.O=C(c1ccc2[nH]nc(C(=Nc3ccccc3)NO)c2c1)N1CCCCC1. The molecule has 0 bridgehead atoms. The number of ether oxygens (including phenoxy) is 1. The molecule has 36 heteroatoms. The highest BCUT2D eigenvalue weighted by Gasteiger charge is 2.25. The number of nitrogens with one attached hydrogen (secondary N) is 9. The van der Waals surface area contributed by atoms with Gasteiger partial charge in [-0.2, -0.15) is 25.5 Å². The summed E-state index contributed by atoms with van der Waals surface area (Å²) in [4.78, 5) is 82.5. The van der Waals surface area contributed by atoms with Crippen molar-refractivity contribution in [2.24, 2.45) is 20.0 Å². The first-order valence-corrected chi connectivity index (χ1v) is 37.9. The van der Waals surface area contributed by atoms with Gasteiger partial charge in [0.1, 0.15) is 34.3 Å². The maximum atomic E-state index is 13.1. The molecule has 119 heavy (non-hydrogen) atoms. The van der Waals surface area contributed by atoms with Crippen LogP contribution in [-0.2, 0) is 0 Å². The lowest BCUT2D eigenvalue weighted by Crippen LogP contribution is -2.35. The van der Waals surface area contributed by atoms with Gasteiger partial charge in [0.05, 0.1) is 73.3 Å². The first-order chi connectivity index (χ1) is 58.0. The second-order valence-electron chi connectivity index (χ2n) is 27.4. The van der Waals surface area contributed by atoms with Crippen LogP contribution in [0.25, 0.3) is 54.5 Å². The second-order valence-corrected chi connectivity index (χ2v) is 27.4. The van der Waals surface area contributed by atoms with Crippen molar-refractivity contribution in [2.75, 3.05) is 52.1 Å². The molecular weight excluding hydrogens is 1530 g/mol. The second kappa shape index (κ2) is 38.8. The number of carbonyl (C=O) groups is 4. The molecule has 3 saturated heterocycles. The number of hydroxylamine groups is 4. The van der Waals surface area contributed by atoms with Crippen LogP contribution in [0.3, 0.4) is 0 Å². The number of nitrogens with two attached hydrogens (primary N) is 1. The monoisotopic (exact) mass is 1610 g/mol. The number of benzene rings is 9. The van der Waals surface area contributed by atoms with Crippen molar-refractivity contribution in [1.29, 1.82) is 0 Å². The number of carboxylic acids is 1. The quantitative estimate of drug-likeness (QED) is 0.0208. The molecule has 17 rings (SSSR count). The molecule has 9 aromatic carbocycles. The number of H-pyrrole nitrogens is 5. The van der Waals surface area contributed by atoms with E-state index in [1.807, 2.05) is 93.0 Å². The Morgan fingerprint density at radius 1 is 0.412 bits per heavy atom. The number of non-ortho nitro benzene ring substituents is 1. The van der Waals surface area contributed by atoms with Crippen LogP contribution in [-0.4, -0.2) is 190 Å². The number of fused-ring (bicyclic) bond motifs is 5. The summed E-state index contributed by atoms with van der Waals surface area (Å²) < 4.78 is 18.2. The number of anilines is 1. The number of aromatic amines is 5. The molecule has 608 valence electrons. The third kappa shape index (κ3) is 20.0. The maximum Gasteiger partial charge on any atom is 0.335 e. The number of nitro benzene ring substituents is 1. The number of amidine groups is 4. The average Bonchev–Trinajstić information content (AvgIpc) is 1.69. The maximum absolute atomic E-state index is 13.1. The Kier molecular flexibility index (Phi) is 26.7. The van der Waals surface area contributed by atoms with Gasteiger partial charge in [-0.25, -0.2) is 29.2 Å². The third-order valence-corrected chi connectivity index (χ3v) is 19.7. The number of hydrogen-bond acceptors (Lipinski definition) is 21. The zero-order chi connectivity index (χ0) is 83.3. The molecule has 0 saturated carbocycles. The van der Waals surface area contributed by atoms with Crippen LogP contribution in [0.2, 0.25) is 0 Å². The van der Waals surface area contributed by atoms with Crippen LogP contribution in [0.15, 0.2) is 220 Å². The Hall–Kier alpha value is -15.1. The lowest BCUT2D eigenvalue weighted by atomic mass is 10.1. The number of rotatable bonds is 14. The van der Waals surface area contributed by atoms with Gasteiger partial charge < -0.3 is 30.3 Å². The van der Waals surface area contributed by atoms with Crippen LogP contribution >= 0.6 is 0 Å². The lowest BCUT2D eigenvalue weighted by Gasteiger charge is -2.26. The molecule has 3 aliphatic rings. The van der Waals surface area contributed by atoms with Gasteiger partial charge in [0, 0.05) is 89.6 Å². The van der Waals surface area contributed by atoms with E-state index in [1.54, 1.807) is 86.0 Å². The normalized spacial score (nSPS) is 13.9. The molecule has 8 heterocycles. The number of methoxy groups -OCH3 is 1. The summed E-state index contributed by atoms with van der Waals surface area (Å²) in [5.74, 6) is 0.247. The van der Waals surface area contributed by atoms with Crippen LogP contribution in [0, 0.1) is 15.9 Å². The topological polar surface area (TPSA) is 498 Å². The molecule has 3 aliphatic heterocycles. The number of hydrogen-bond donors (Lipinski definition) is 15. The number of likely N-dealkylation sites (tertiary alicyclic amines) is 3. The Balaban J connectivity index is 0.000000131. The number of para-hydroxylation sites is 2. The van der Waals surface area contributed by atoms with E-state index in [0.29, 0.717) is 106 Å². The molecule has 16 N–H and O–H groups in total. The van der Waals surface area contributed by atoms with Crippen molar-refractivity contribution < 1.29 is 59.2 Å². The molecule has 0 spiro atoms. The zero-order valence-corrected chi connectivity index (χ0v) is 64.0. The molecule has 5 aromatic heterocycles. The summed E-state index contributed by atoms with van der Waals surface area (Å²) in [6.45, 7) is 4.71. The Morgan fingerprint density at radius 3 is 1.04 bits per heavy atom. The van der Waals surface area contributed by atoms with Gasteiger partial charge in [-0.15, -0.1) is 0 Å². The first kappa shape index (κ1) is 81.9. The molecule has 35 nitrogen and oxygen atoms in total. The number of aliphatic imine (C=N–C) groups is 4. The predicted octanol–water partition coefficient (Wildman–Crippen LogP) is 13.3. The molecule has 0 atom stereocenters. The Bertz CT molecular complexity index is 6050. The van der Waals surface area contributed by atoms with Crippen molar-refractivity contribution >= 4 is 136 Å². The van der Waals surface area contributed by atoms with Gasteiger partial charge in [-0.1, -0.05) is 36.4 Å². The smallest absolute Gasteiger partial charge is 0.335 e. The number of halogens is 1. The van der Waals surface area contributed by atoms with Gasteiger partial charge in [-0.3, -0.25) is 92.7 Å². The highest BCUT2D eigenvalue weighted by molar-refractivity contribution is 6.13. The van der Waals surface area contributed by atoms with E-state index in [4.69, 9.17) is 15.6 Å². The molecule has 3 fully saturated rings. The van der Waals surface area contributed by atoms with Gasteiger partial charge in [0.25, 0.3) is 23.4 Å². The van der Waals surface area contributed by atoms with E-state index in [1.165, 1.54) is 61.4 Å². The van der Waals surface area contributed by atoms with E-state index in [9.17, 15) is 54.5 Å². The molecule has 0 unspecified atom stereocenters. The number of nitro groups is 1. The van der Waals surface area contributed by atoms with E-state index in [2.05, 4.69) is 87.4 Å². The Morgan fingerprint density at radius 2 is 0.714 bits per heavy atom. The van der Waals surface area contributed by atoms with Crippen LogP contribution < -0.4 is 32.4 Å². The van der Waals surface area contributed by atoms with Crippen molar-refractivity contribution in [3.05, 3.63) is 261 Å². The molecule has 0 aliphatic carbocycles. The highest BCUT2D eigenvalue weighted by Crippen LogP contribution is 2.29. The summed E-state index contributed by atoms with van der Waals surface area (Å²) in [5.41, 5.74) is 23.3. The number of carbonyl (C=O) groups excluding carboxylic acids is 3. The zero-order valence-electron chi connectivity index (χ0n) is 64.0. The summed E-state index contributed by atoms with van der Waals surface area (Å²) >= 11 is 0. The standard InChI is InChI=1S/C21H23N5O3.C20H20FN5O2.C20H21N5O2.C15H12N4O3.C7H6N4O2/c1-29-16-8-6-15(7-9-16)22-20(25-28)19-17-13-14(5-10-18(17)23-24-19)21(27)26-11-3-2-4-12-26;21-14-5-7-15(8-6-14)22-19(25-28)18-16-12-13(4-9-17(16)23-24-18)20(27)26-10-2-1-3-11-26;26-20(25-11-5-2-6-12-25)14-9-10-17-16(13-14)18(23-22-17)19(24-27)21-15-7-3-1-4-8-15;20-15(21)9-6-7-12-11(8-9)13(18-17-12)14(19-22)16-10-4-2-1-3-5-10;8-7-5-3-4(11(12)13)1-2-6(5)9-10-7/h5-10,13,28H,2-4,11-12H2,1H3,(H,22,25)(H,23,24);4-9,12,28H,1-3,10-11H2,(H,22,25)(H,23,24);1,3-4,7-10,13,27H,2,5-6,11-12H2,(H,21,24)(H,22,23);1-8,22H,(H,16,19)(H,17,18)(H,20,21);1-3H,(H3,8,9,10). The van der Waals surface area contributed by atoms with Crippen LogP contribution in [0.4, 0.5) is 38.6 Å². The van der Waals surface area contributed by atoms with E-state index >= 15 is 0 Å². The summed E-state index contributed by atoms with van der Waals surface area (Å²) in [7, 11) is 1.59. The Labute approximate surface area is 676 Å². The number of carboxylic acid groups (broad SMARTS) is 1. The number of aromatic carboxylic acids is 1. The average molecular weight is 1610 g/mol. The van der Waals surface area contributed by atoms with Crippen LogP contribution in [0.1, 0.15) is 122 Å². The van der Waals surface area contributed by atoms with Gasteiger partial charge in [0.2, 0.25) is 0 Å². The predicted molar refractivity (Wildman–Crippen MR) is 445 cm³/mol. The number of aromatic nitrogens is 10. The largest absolute Gasteiger partial charge is 0.497 e. The molecular formula is C83H82FN23O12. The fourth-order valence-corrected chi connectivity index (χ4v) is 13.5. The minimum Gasteiger partial charge on any atom is -0.497 e. The summed E-state index contributed by atoms with van der Waals surface area (Å²) in [6.07, 6.45) is 9.72. The molecule has 14 aromatic rings. The third-order valence-electron chi connectivity index (χ3n) is 19.7. The number of nitrogen functional groups attached to an aromatic ring is 1. The van der Waals surface area contributed by atoms with Crippen molar-refractivity contribution in [1.82, 2.24) is 87.6 Å². The summed E-state index contributed by atoms with van der Waals surface area (Å²) in [6, 6.07) is 56.1. The lowest BCUT2D eigenvalue weighted by molar-refractivity contribution is -0.384. The van der Waals surface area contributed by atoms with Crippen molar-refractivity contribution in [2.45, 2.75) is 57.8 Å². The van der Waals surface area contributed by atoms with Gasteiger partial charge in [0.15, 0.2) is 29.2 Å². The number of nitrogens with zero attached hydrogens (tertiary/aromatic N) is 13. The minimum atomic E-state index is -1.03. The van der Waals surface area contributed by atoms with E-state index < -0.39 is 10.9 Å². The fraction of sp³-hybridized carbons (Fsp3) is 0.193. The fourth-order valence-electron chi connectivity index (χ4n) is 13.5. The van der Waals surface area contributed by atoms with E-state index in [-0.39, 0.29) is 63.9 Å². The van der Waals surface area contributed by atoms with Crippen molar-refractivity contribution in [3.63, 3.8) is 0 Å². The van der Waals surface area contributed by atoms with Gasteiger partial charge in [-0.05, 0) is 209 Å². The minimum absolute atomic E-state index is 0.0114. The molecule has 0 radical (unpaired) electrons. The van der Waals surface area contributed by atoms with Gasteiger partial charge >= 0.3 is 5.97 Å². The van der Waals surface area contributed by atoms with Crippen LogP contribution in [0.5, 0.6) is 5.75 Å². The van der Waals surface area contributed by atoms with E-state index in [0.717, 1.165) is 101 Å². The molecule has 3 amide bonds.